The summed E-state index contributed by atoms with van der Waals surface area (Å²) in [5.74, 6) is -0.231. The van der Waals surface area contributed by atoms with Crippen LogP contribution in [-0.2, 0) is 39.9 Å². The number of benzene rings is 2. The van der Waals surface area contributed by atoms with Gasteiger partial charge in [-0.2, -0.15) is 0 Å². The van der Waals surface area contributed by atoms with E-state index in [1.165, 1.54) is 4.90 Å². The number of ether oxygens (including phenoxy) is 3. The van der Waals surface area contributed by atoms with E-state index < -0.39 is 41.5 Å². The van der Waals surface area contributed by atoms with E-state index in [0.717, 1.165) is 54.0 Å². The van der Waals surface area contributed by atoms with Gasteiger partial charge in [-0.15, -0.1) is 32.9 Å². The largest absolute Gasteiger partial charge is 0.391 e. The molecule has 5 heterocycles. The first kappa shape index (κ1) is 51.4. The molecule has 4 N–H and O–H groups in total. The van der Waals surface area contributed by atoms with Gasteiger partial charge in [0.25, 0.3) is 0 Å². The molecule has 4 atom stereocenters. The molecule has 20 heteroatoms. The number of carbonyl (C=O) groups is 4. The van der Waals surface area contributed by atoms with Crippen molar-refractivity contribution in [1.82, 2.24) is 40.6 Å². The van der Waals surface area contributed by atoms with E-state index in [1.54, 1.807) is 22.7 Å². The molecule has 5 aromatic rings. The first-order valence-electron chi connectivity index (χ1n) is 22.9. The summed E-state index contributed by atoms with van der Waals surface area (Å²) >= 11 is 9.45. The van der Waals surface area contributed by atoms with Gasteiger partial charge in [-0.05, 0) is 61.9 Å². The Hall–Kier alpha value is -5.41. The molecule has 7 rings (SSSR count). The molecule has 4 amide bonds. The molecule has 0 bridgehead atoms. The van der Waals surface area contributed by atoms with Gasteiger partial charge in [0, 0.05) is 47.1 Å². The second-order valence-corrected chi connectivity index (χ2v) is 20.7. The van der Waals surface area contributed by atoms with E-state index in [4.69, 9.17) is 30.8 Å². The Bertz CT molecular complexity index is 2640. The number of aromatic nitrogens is 4. The lowest BCUT2D eigenvalue weighted by Gasteiger charge is -2.35. The van der Waals surface area contributed by atoms with Crippen LogP contribution in [0.2, 0.25) is 5.02 Å². The molecular formula is C49H60ClN9O8S2. The van der Waals surface area contributed by atoms with Gasteiger partial charge in [-0.3, -0.25) is 28.7 Å². The highest BCUT2D eigenvalue weighted by Gasteiger charge is 2.44. The van der Waals surface area contributed by atoms with Crippen molar-refractivity contribution >= 4 is 63.6 Å². The van der Waals surface area contributed by atoms with Gasteiger partial charge in [0.05, 0.1) is 67.4 Å². The smallest absolute Gasteiger partial charge is 0.246 e. The maximum Gasteiger partial charge on any atom is 0.246 e. The molecule has 3 aromatic heterocycles. The molecule has 1 fully saturated rings. The summed E-state index contributed by atoms with van der Waals surface area (Å²) in [6, 6.07) is 12.9. The van der Waals surface area contributed by atoms with Crippen LogP contribution in [0.4, 0.5) is 0 Å². The number of aliphatic hydroxyl groups excluding tert-OH is 1. The molecule has 3 unspecified atom stereocenters. The highest BCUT2D eigenvalue weighted by atomic mass is 35.5. The number of thiophene rings is 1. The highest BCUT2D eigenvalue weighted by Crippen LogP contribution is 2.40. The molecular weight excluding hydrogens is 942 g/mol. The van der Waals surface area contributed by atoms with Crippen molar-refractivity contribution in [3.63, 3.8) is 0 Å². The van der Waals surface area contributed by atoms with E-state index in [1.807, 2.05) is 93.2 Å². The molecule has 0 radical (unpaired) electrons. The van der Waals surface area contributed by atoms with Gasteiger partial charge in [-0.1, -0.05) is 68.8 Å². The Labute approximate surface area is 415 Å². The summed E-state index contributed by atoms with van der Waals surface area (Å²) in [7, 11) is 0. The molecule has 2 aliphatic rings. The van der Waals surface area contributed by atoms with Crippen molar-refractivity contribution in [3.8, 4) is 15.4 Å². The standard InChI is InChI=1S/C49H60ClN9O8S2/c1-28-30(3)69-48-41(28)42(33-12-14-35(50)15-13-33)54-37(45-57-56-31(4)59(45)48)23-39(61)51-16-17-65-18-19-66-20-21-67-26-40(62)55-44(49(5,6)7)47(64)58-25-36(60)22-38(58)46(63)52-24-32-8-10-34(11-9-32)43-29(2)53-27-68-43/h8-15,27,36-38,44,60H,16-26H2,1-7H3,(H,51,61)(H,52,63)(H,55,62)/t36-,37?,38?,44?/m1/s1. The number of β-amino-alcohol motifs (C(OH)–C–C–N with tert-alkyl or cyclic N) is 1. The molecule has 0 aliphatic carbocycles. The Morgan fingerprint density at radius 2 is 1.57 bits per heavy atom. The summed E-state index contributed by atoms with van der Waals surface area (Å²) in [4.78, 5) is 66.8. The van der Waals surface area contributed by atoms with Crippen LogP contribution in [0.1, 0.15) is 84.1 Å². The number of hydrogen-bond donors (Lipinski definition) is 4. The van der Waals surface area contributed by atoms with Crippen molar-refractivity contribution in [3.05, 3.63) is 104 Å². The van der Waals surface area contributed by atoms with E-state index in [9.17, 15) is 24.3 Å². The van der Waals surface area contributed by atoms with Gasteiger partial charge in [0.15, 0.2) is 5.82 Å². The Morgan fingerprint density at radius 3 is 2.25 bits per heavy atom. The number of halogens is 1. The fourth-order valence-electron chi connectivity index (χ4n) is 8.23. The molecule has 1 saturated heterocycles. The van der Waals surface area contributed by atoms with Gasteiger partial charge in [-0.25, -0.2) is 4.98 Å². The minimum Gasteiger partial charge on any atom is -0.391 e. The number of aliphatic imine (C=N–C) groups is 1. The second-order valence-electron chi connectivity index (χ2n) is 18.2. The lowest BCUT2D eigenvalue weighted by atomic mass is 9.85. The zero-order chi connectivity index (χ0) is 49.4. The fourth-order valence-corrected chi connectivity index (χ4v) is 10.4. The maximum absolute atomic E-state index is 14.0. The number of hydrogen-bond acceptors (Lipinski definition) is 14. The molecule has 2 aromatic carbocycles. The van der Waals surface area contributed by atoms with Gasteiger partial charge in [0.2, 0.25) is 23.6 Å². The summed E-state index contributed by atoms with van der Waals surface area (Å²) in [5, 5.41) is 29.6. The minimum atomic E-state index is -0.984. The normalized spacial score (nSPS) is 17.1. The quantitative estimate of drug-likeness (QED) is 0.0706. The van der Waals surface area contributed by atoms with Gasteiger partial charge >= 0.3 is 0 Å². The number of rotatable bonds is 20. The zero-order valence-corrected chi connectivity index (χ0v) is 42.4. The summed E-state index contributed by atoms with van der Waals surface area (Å²) in [6.07, 6.45) is -0.737. The lowest BCUT2D eigenvalue weighted by Crippen LogP contribution is -2.58. The SMILES string of the molecule is Cc1ncsc1-c1ccc(CNC(=O)C2C[C@@H](O)CN2C(=O)C(NC(=O)COCCOCCOCCNC(=O)CC2N=C(c3ccc(Cl)cc3)c3c(sc(C)c3C)-n3c(C)nnc32)C(C)(C)C)cc1. The predicted octanol–water partition coefficient (Wildman–Crippen LogP) is 5.60. The molecule has 2 aliphatic heterocycles. The number of nitrogens with one attached hydrogen (secondary N) is 3. The van der Waals surface area contributed by atoms with Crippen LogP contribution in [0.25, 0.3) is 15.4 Å². The Kier molecular flexibility index (Phi) is 17.2. The van der Waals surface area contributed by atoms with Crippen LogP contribution < -0.4 is 16.0 Å². The number of amides is 4. The van der Waals surface area contributed by atoms with Crippen LogP contribution in [-0.4, -0.2) is 130 Å². The third-order valence-corrected chi connectivity index (χ3v) is 14.4. The molecule has 0 saturated carbocycles. The third-order valence-electron chi connectivity index (χ3n) is 12.0. The van der Waals surface area contributed by atoms with Gasteiger partial charge < -0.3 is 40.2 Å². The zero-order valence-electron chi connectivity index (χ0n) is 40.0. The number of likely N-dealkylation sites (tertiary alicyclic amines) is 1. The van der Waals surface area contributed by atoms with E-state index >= 15 is 0 Å². The predicted molar refractivity (Wildman–Crippen MR) is 265 cm³/mol. The molecule has 368 valence electrons. The van der Waals surface area contributed by atoms with Crippen molar-refractivity contribution < 1.29 is 38.5 Å². The van der Waals surface area contributed by atoms with Crippen molar-refractivity contribution in [1.29, 1.82) is 0 Å². The Balaban J connectivity index is 0.797. The summed E-state index contributed by atoms with van der Waals surface area (Å²) < 4.78 is 18.8. The lowest BCUT2D eigenvalue weighted by molar-refractivity contribution is -0.144. The average Bonchev–Trinajstić information content (AvgIpc) is 4.08. The number of thiazole rings is 1. The topological polar surface area (TPSA) is 211 Å². The highest BCUT2D eigenvalue weighted by molar-refractivity contribution is 7.15. The molecule has 17 nitrogen and oxygen atoms in total. The molecule has 0 spiro atoms. The van der Waals surface area contributed by atoms with Gasteiger partial charge in [0.1, 0.15) is 35.6 Å². The van der Waals surface area contributed by atoms with Crippen LogP contribution >= 0.6 is 34.3 Å². The van der Waals surface area contributed by atoms with Crippen LogP contribution in [0.3, 0.4) is 0 Å². The number of aliphatic hydroxyl groups is 1. The van der Waals surface area contributed by atoms with Crippen molar-refractivity contribution in [2.75, 3.05) is 52.7 Å². The second kappa shape index (κ2) is 23.0. The monoisotopic (exact) mass is 1000 g/mol. The number of fused-ring (bicyclic) bond motifs is 3. The first-order valence-corrected chi connectivity index (χ1v) is 25.0. The fraction of sp³-hybridized carbons (Fsp3) is 0.469. The summed E-state index contributed by atoms with van der Waals surface area (Å²) in [5.41, 5.74) is 7.76. The number of aryl methyl sites for hydroxylation is 3. The maximum atomic E-state index is 14.0. The van der Waals surface area contributed by atoms with E-state index in [2.05, 4.69) is 45.0 Å². The van der Waals surface area contributed by atoms with Crippen LogP contribution in [0.15, 0.2) is 59.0 Å². The minimum absolute atomic E-state index is 0.0281. The van der Waals surface area contributed by atoms with Crippen molar-refractivity contribution in [2.24, 2.45) is 10.4 Å². The van der Waals surface area contributed by atoms with Crippen LogP contribution in [0, 0.1) is 33.1 Å². The first-order chi connectivity index (χ1) is 33.0. The average molecular weight is 1000 g/mol. The van der Waals surface area contributed by atoms with E-state index in [0.29, 0.717) is 16.7 Å². The molecule has 69 heavy (non-hydrogen) atoms. The summed E-state index contributed by atoms with van der Waals surface area (Å²) in [6.45, 7) is 14.8. The third kappa shape index (κ3) is 12.7. The van der Waals surface area contributed by atoms with Crippen LogP contribution in [0.5, 0.6) is 0 Å². The van der Waals surface area contributed by atoms with E-state index in [-0.39, 0.29) is 83.9 Å². The number of carbonyl (C=O) groups excluding carboxylic acids is 4. The Morgan fingerprint density at radius 1 is 0.884 bits per heavy atom. The number of nitrogens with zero attached hydrogens (tertiary/aromatic N) is 6. The van der Waals surface area contributed by atoms with Crippen molar-refractivity contribution in [2.45, 2.75) is 92.1 Å².